The minimum absolute atomic E-state index is 0.0837. The summed E-state index contributed by atoms with van der Waals surface area (Å²) in [7, 11) is 0. The second-order valence-corrected chi connectivity index (χ2v) is 2.96. The Morgan fingerprint density at radius 3 is 3.38 bits per heavy atom. The van der Waals surface area contributed by atoms with E-state index in [1.54, 1.807) is 6.20 Å². The molecule has 0 amide bonds. The molecule has 0 fully saturated rings. The third-order valence-corrected chi connectivity index (χ3v) is 2.10. The molecule has 0 aliphatic carbocycles. The molecule has 2 heterocycles. The van der Waals surface area contributed by atoms with Crippen LogP contribution < -0.4 is 5.32 Å². The van der Waals surface area contributed by atoms with Gasteiger partial charge in [-0.05, 0) is 0 Å². The lowest BCUT2D eigenvalue weighted by molar-refractivity contribution is -0.137. The molecule has 1 aliphatic heterocycles. The number of carbonyl (C=O) groups is 1. The largest absolute Gasteiger partial charge is 0.481 e. The number of aromatic nitrogens is 2. The van der Waals surface area contributed by atoms with Crippen LogP contribution in [0.5, 0.6) is 0 Å². The summed E-state index contributed by atoms with van der Waals surface area (Å²) in [5, 5.41) is 11.7. The molecule has 0 radical (unpaired) electrons. The normalized spacial score (nSPS) is 19.8. The Bertz CT molecular complexity index is 340. The highest BCUT2D eigenvalue weighted by molar-refractivity contribution is 5.68. The van der Waals surface area contributed by atoms with Gasteiger partial charge in [0.15, 0.2) is 0 Å². The number of nitrogens with zero attached hydrogens (tertiary/aromatic N) is 2. The van der Waals surface area contributed by atoms with Gasteiger partial charge in [-0.3, -0.25) is 4.79 Å². The van der Waals surface area contributed by atoms with E-state index in [1.165, 1.54) is 6.33 Å². The van der Waals surface area contributed by atoms with Crippen molar-refractivity contribution < 1.29 is 9.90 Å². The van der Waals surface area contributed by atoms with E-state index in [1.807, 2.05) is 0 Å². The highest BCUT2D eigenvalue weighted by Gasteiger charge is 2.24. The van der Waals surface area contributed by atoms with Gasteiger partial charge in [0.1, 0.15) is 6.33 Å². The first-order valence-corrected chi connectivity index (χ1v) is 4.01. The Morgan fingerprint density at radius 2 is 2.62 bits per heavy atom. The van der Waals surface area contributed by atoms with Crippen LogP contribution in [0, 0.1) is 0 Å². The minimum atomic E-state index is -0.811. The van der Waals surface area contributed by atoms with E-state index in [2.05, 4.69) is 15.3 Å². The first kappa shape index (κ1) is 8.12. The molecule has 1 aliphatic rings. The Morgan fingerprint density at radius 1 is 1.77 bits per heavy atom. The van der Waals surface area contributed by atoms with Gasteiger partial charge in [-0.1, -0.05) is 0 Å². The van der Waals surface area contributed by atoms with Gasteiger partial charge in [0, 0.05) is 24.3 Å². The van der Waals surface area contributed by atoms with Crippen LogP contribution in [0.25, 0.3) is 0 Å². The standard InChI is InChI=1S/C8H9N3O2/c12-8(13)1-6-5-2-9-4-11-7(5)3-10-6/h2,4,6,10H,1,3H2,(H,12,13). The van der Waals surface area contributed by atoms with E-state index >= 15 is 0 Å². The van der Waals surface area contributed by atoms with E-state index in [9.17, 15) is 4.79 Å². The van der Waals surface area contributed by atoms with Crippen LogP contribution in [0.1, 0.15) is 23.7 Å². The summed E-state index contributed by atoms with van der Waals surface area (Å²) in [5.41, 5.74) is 1.81. The van der Waals surface area contributed by atoms with Crippen molar-refractivity contribution in [3.8, 4) is 0 Å². The molecular weight excluding hydrogens is 170 g/mol. The van der Waals surface area contributed by atoms with Crippen LogP contribution >= 0.6 is 0 Å². The average Bonchev–Trinajstić information content (AvgIpc) is 2.48. The molecule has 0 saturated carbocycles. The zero-order valence-electron chi connectivity index (χ0n) is 6.90. The van der Waals surface area contributed by atoms with Crippen LogP contribution in [0.2, 0.25) is 0 Å². The van der Waals surface area contributed by atoms with Crippen molar-refractivity contribution >= 4 is 5.97 Å². The van der Waals surface area contributed by atoms with Crippen molar-refractivity contribution in [2.24, 2.45) is 0 Å². The maximum atomic E-state index is 10.5. The zero-order chi connectivity index (χ0) is 9.26. The van der Waals surface area contributed by atoms with Crippen molar-refractivity contribution in [1.82, 2.24) is 15.3 Å². The SMILES string of the molecule is O=C(O)CC1NCc2ncncc21. The highest BCUT2D eigenvalue weighted by atomic mass is 16.4. The molecule has 1 unspecified atom stereocenters. The number of carboxylic acid groups (broad SMARTS) is 1. The Labute approximate surface area is 74.8 Å². The Hall–Kier alpha value is -1.49. The smallest absolute Gasteiger partial charge is 0.305 e. The van der Waals surface area contributed by atoms with Crippen molar-refractivity contribution in [3.05, 3.63) is 23.8 Å². The molecule has 0 spiro atoms. The number of rotatable bonds is 2. The third-order valence-electron chi connectivity index (χ3n) is 2.10. The van der Waals surface area contributed by atoms with Gasteiger partial charge in [-0.2, -0.15) is 0 Å². The molecule has 1 atom stereocenters. The number of carboxylic acids is 1. The van der Waals surface area contributed by atoms with Crippen molar-refractivity contribution in [1.29, 1.82) is 0 Å². The molecule has 5 nitrogen and oxygen atoms in total. The van der Waals surface area contributed by atoms with Crippen molar-refractivity contribution in [3.63, 3.8) is 0 Å². The number of nitrogens with one attached hydrogen (secondary N) is 1. The van der Waals surface area contributed by atoms with Gasteiger partial charge in [-0.25, -0.2) is 9.97 Å². The summed E-state index contributed by atoms with van der Waals surface area (Å²) >= 11 is 0. The third kappa shape index (κ3) is 1.50. The fourth-order valence-electron chi connectivity index (χ4n) is 1.49. The van der Waals surface area contributed by atoms with Gasteiger partial charge in [0.2, 0.25) is 0 Å². The van der Waals surface area contributed by atoms with Crippen molar-refractivity contribution in [2.45, 2.75) is 19.0 Å². The average molecular weight is 179 g/mol. The van der Waals surface area contributed by atoms with Crippen LogP contribution in [0.3, 0.4) is 0 Å². The zero-order valence-corrected chi connectivity index (χ0v) is 6.90. The molecule has 0 bridgehead atoms. The van der Waals surface area contributed by atoms with Gasteiger partial charge in [0.05, 0.1) is 12.1 Å². The van der Waals surface area contributed by atoms with Crippen LogP contribution in [0.4, 0.5) is 0 Å². The van der Waals surface area contributed by atoms with E-state index in [0.717, 1.165) is 11.3 Å². The van der Waals surface area contributed by atoms with Crippen LogP contribution in [-0.4, -0.2) is 21.0 Å². The molecule has 2 N–H and O–H groups in total. The highest BCUT2D eigenvalue weighted by Crippen LogP contribution is 2.24. The maximum Gasteiger partial charge on any atom is 0.305 e. The first-order chi connectivity index (χ1) is 6.27. The summed E-state index contributed by atoms with van der Waals surface area (Å²) in [6.07, 6.45) is 3.24. The second kappa shape index (κ2) is 3.10. The molecular formula is C8H9N3O2. The lowest BCUT2D eigenvalue weighted by Gasteiger charge is -2.06. The summed E-state index contributed by atoms with van der Waals surface area (Å²) < 4.78 is 0. The molecule has 1 aromatic rings. The quantitative estimate of drug-likeness (QED) is 0.673. The minimum Gasteiger partial charge on any atom is -0.481 e. The lowest BCUT2D eigenvalue weighted by Crippen LogP contribution is -2.15. The predicted molar refractivity (Wildman–Crippen MR) is 43.9 cm³/mol. The Kier molecular flexibility index (Phi) is 1.94. The maximum absolute atomic E-state index is 10.5. The summed E-state index contributed by atoms with van der Waals surface area (Å²) in [4.78, 5) is 18.4. The number of fused-ring (bicyclic) bond motifs is 1. The Balaban J connectivity index is 2.23. The molecule has 1 aromatic heterocycles. The molecule has 68 valence electrons. The summed E-state index contributed by atoms with van der Waals surface area (Å²) in [6, 6.07) is -0.131. The van der Waals surface area contributed by atoms with E-state index in [-0.39, 0.29) is 12.5 Å². The summed E-state index contributed by atoms with van der Waals surface area (Å²) in [6.45, 7) is 0.635. The fourth-order valence-corrected chi connectivity index (χ4v) is 1.49. The fraction of sp³-hybridized carbons (Fsp3) is 0.375. The monoisotopic (exact) mass is 179 g/mol. The lowest BCUT2D eigenvalue weighted by atomic mass is 10.1. The van der Waals surface area contributed by atoms with E-state index in [4.69, 9.17) is 5.11 Å². The van der Waals surface area contributed by atoms with Gasteiger partial charge < -0.3 is 10.4 Å². The molecule has 0 saturated heterocycles. The number of aliphatic carboxylic acids is 1. The first-order valence-electron chi connectivity index (χ1n) is 4.01. The molecule has 5 heteroatoms. The number of hydrogen-bond donors (Lipinski definition) is 2. The van der Waals surface area contributed by atoms with Crippen LogP contribution in [-0.2, 0) is 11.3 Å². The van der Waals surface area contributed by atoms with Crippen LogP contribution in [0.15, 0.2) is 12.5 Å². The van der Waals surface area contributed by atoms with Gasteiger partial charge in [-0.15, -0.1) is 0 Å². The predicted octanol–water partition coefficient (Wildman–Crippen LogP) is 0.0956. The number of hydrogen-bond acceptors (Lipinski definition) is 4. The molecule has 0 aromatic carbocycles. The second-order valence-electron chi connectivity index (χ2n) is 2.96. The van der Waals surface area contributed by atoms with Gasteiger partial charge >= 0.3 is 5.97 Å². The van der Waals surface area contributed by atoms with Gasteiger partial charge in [0.25, 0.3) is 0 Å². The van der Waals surface area contributed by atoms with Crippen molar-refractivity contribution in [2.75, 3.05) is 0 Å². The molecule has 13 heavy (non-hydrogen) atoms. The summed E-state index contributed by atoms with van der Waals surface area (Å²) in [5.74, 6) is -0.811. The van der Waals surface area contributed by atoms with E-state index < -0.39 is 5.97 Å². The van der Waals surface area contributed by atoms with E-state index in [0.29, 0.717) is 6.54 Å². The topological polar surface area (TPSA) is 75.1 Å². The molecule has 2 rings (SSSR count).